The van der Waals surface area contributed by atoms with Gasteiger partial charge in [0.25, 0.3) is 0 Å². The summed E-state index contributed by atoms with van der Waals surface area (Å²) in [7, 11) is 0. The smallest absolute Gasteiger partial charge is 0.338 e. The first-order chi connectivity index (χ1) is 14.5. The number of halogens is 1. The van der Waals surface area contributed by atoms with Crippen LogP contribution in [0.25, 0.3) is 0 Å². The van der Waals surface area contributed by atoms with E-state index in [-0.39, 0.29) is 17.7 Å². The van der Waals surface area contributed by atoms with Crippen molar-refractivity contribution in [2.24, 2.45) is 0 Å². The van der Waals surface area contributed by atoms with Gasteiger partial charge in [-0.3, -0.25) is 14.6 Å². The van der Waals surface area contributed by atoms with E-state index in [0.717, 1.165) is 44.7 Å². The number of nitrogens with zero attached hydrogens (tertiary/aromatic N) is 2. The van der Waals surface area contributed by atoms with Crippen molar-refractivity contribution in [3.8, 4) is 0 Å². The minimum absolute atomic E-state index is 0.0779. The lowest BCUT2D eigenvalue weighted by Gasteiger charge is -2.21. The van der Waals surface area contributed by atoms with Crippen molar-refractivity contribution in [1.29, 1.82) is 0 Å². The van der Waals surface area contributed by atoms with Crippen LogP contribution in [-0.2, 0) is 16.1 Å². The Morgan fingerprint density at radius 2 is 1.63 bits per heavy atom. The summed E-state index contributed by atoms with van der Waals surface area (Å²) in [5.41, 5.74) is 2.21. The molecule has 0 aliphatic carbocycles. The van der Waals surface area contributed by atoms with Crippen LogP contribution in [0.15, 0.2) is 48.5 Å². The predicted octanol–water partition coefficient (Wildman–Crippen LogP) is 3.15. The Kier molecular flexibility index (Phi) is 7.93. The second-order valence-corrected chi connectivity index (χ2v) is 7.38. The molecule has 0 unspecified atom stereocenters. The number of carbonyl (C=O) groups excluding carboxylic acids is 2. The maximum atomic E-state index is 13.1. The molecule has 1 aliphatic heterocycles. The molecule has 2 aromatic carbocycles. The lowest BCUT2D eigenvalue weighted by atomic mass is 10.2. The Labute approximate surface area is 176 Å². The van der Waals surface area contributed by atoms with Gasteiger partial charge in [0.15, 0.2) is 0 Å². The van der Waals surface area contributed by atoms with E-state index >= 15 is 0 Å². The molecule has 0 radical (unpaired) electrons. The SMILES string of the molecule is CCOC(=O)c1ccc(NC(=O)CN2CCCN(Cc3ccc(F)cc3)CC2)cc1. The summed E-state index contributed by atoms with van der Waals surface area (Å²) in [6, 6.07) is 13.3. The number of benzene rings is 2. The molecule has 0 atom stereocenters. The molecule has 1 saturated heterocycles. The summed E-state index contributed by atoms with van der Waals surface area (Å²) < 4.78 is 18.0. The Morgan fingerprint density at radius 3 is 2.33 bits per heavy atom. The van der Waals surface area contributed by atoms with Crippen LogP contribution in [0.3, 0.4) is 0 Å². The van der Waals surface area contributed by atoms with Crippen LogP contribution < -0.4 is 5.32 Å². The number of anilines is 1. The Bertz CT molecular complexity index is 840. The van der Waals surface area contributed by atoms with Crippen molar-refractivity contribution in [2.45, 2.75) is 19.9 Å². The van der Waals surface area contributed by atoms with Crippen molar-refractivity contribution < 1.29 is 18.7 Å². The second kappa shape index (κ2) is 10.8. The van der Waals surface area contributed by atoms with Gasteiger partial charge in [0.1, 0.15) is 5.82 Å². The third-order valence-electron chi connectivity index (χ3n) is 5.05. The number of rotatable bonds is 7. The number of ether oxygens (including phenoxy) is 1. The molecule has 0 aromatic heterocycles. The Morgan fingerprint density at radius 1 is 0.967 bits per heavy atom. The lowest BCUT2D eigenvalue weighted by molar-refractivity contribution is -0.117. The van der Waals surface area contributed by atoms with Crippen LogP contribution >= 0.6 is 0 Å². The monoisotopic (exact) mass is 413 g/mol. The summed E-state index contributed by atoms with van der Waals surface area (Å²) >= 11 is 0. The first-order valence-electron chi connectivity index (χ1n) is 10.3. The minimum atomic E-state index is -0.370. The van der Waals surface area contributed by atoms with Crippen LogP contribution in [0.1, 0.15) is 29.3 Å². The zero-order valence-corrected chi connectivity index (χ0v) is 17.3. The summed E-state index contributed by atoms with van der Waals surface area (Å²) in [6.45, 7) is 6.66. The van der Waals surface area contributed by atoms with Crippen molar-refractivity contribution in [3.63, 3.8) is 0 Å². The molecular weight excluding hydrogens is 385 g/mol. The molecule has 160 valence electrons. The van der Waals surface area contributed by atoms with Crippen molar-refractivity contribution in [1.82, 2.24) is 9.80 Å². The van der Waals surface area contributed by atoms with Gasteiger partial charge in [-0.25, -0.2) is 9.18 Å². The maximum absolute atomic E-state index is 13.1. The summed E-state index contributed by atoms with van der Waals surface area (Å²) in [5, 5.41) is 2.88. The van der Waals surface area contributed by atoms with E-state index in [9.17, 15) is 14.0 Å². The standard InChI is InChI=1S/C23H28FN3O3/c1-2-30-23(29)19-6-10-21(11-7-19)25-22(28)17-27-13-3-12-26(14-15-27)16-18-4-8-20(24)9-5-18/h4-11H,2-3,12-17H2,1H3,(H,25,28). The summed E-state index contributed by atoms with van der Waals surface area (Å²) in [5.74, 6) is -0.668. The van der Waals surface area contributed by atoms with Crippen molar-refractivity contribution in [2.75, 3.05) is 44.6 Å². The zero-order chi connectivity index (χ0) is 21.3. The maximum Gasteiger partial charge on any atom is 0.338 e. The fraction of sp³-hybridized carbons (Fsp3) is 0.391. The molecule has 6 nitrogen and oxygen atoms in total. The first kappa shape index (κ1) is 21.9. The van der Waals surface area contributed by atoms with Gasteiger partial charge in [-0.15, -0.1) is 0 Å². The third kappa shape index (κ3) is 6.64. The Balaban J connectivity index is 1.45. The van der Waals surface area contributed by atoms with Crippen molar-refractivity contribution >= 4 is 17.6 Å². The number of esters is 1. The highest BCUT2D eigenvalue weighted by Gasteiger charge is 2.17. The highest BCUT2D eigenvalue weighted by atomic mass is 19.1. The molecule has 1 N–H and O–H groups in total. The fourth-order valence-corrected chi connectivity index (χ4v) is 3.50. The van der Waals surface area contributed by atoms with E-state index in [1.807, 2.05) is 12.1 Å². The van der Waals surface area contributed by atoms with E-state index in [1.54, 1.807) is 31.2 Å². The van der Waals surface area contributed by atoms with Crippen LogP contribution in [0.2, 0.25) is 0 Å². The average Bonchev–Trinajstić information content (AvgIpc) is 2.95. The van der Waals surface area contributed by atoms with E-state index in [2.05, 4.69) is 15.1 Å². The highest BCUT2D eigenvalue weighted by molar-refractivity contribution is 5.94. The van der Waals surface area contributed by atoms with Gasteiger partial charge in [-0.2, -0.15) is 0 Å². The topological polar surface area (TPSA) is 61.9 Å². The molecule has 1 fully saturated rings. The van der Waals surface area contributed by atoms with Crippen LogP contribution in [-0.4, -0.2) is 61.0 Å². The van der Waals surface area contributed by atoms with Gasteiger partial charge >= 0.3 is 5.97 Å². The molecule has 1 aliphatic rings. The van der Waals surface area contributed by atoms with E-state index in [1.165, 1.54) is 12.1 Å². The molecule has 7 heteroatoms. The molecule has 2 aromatic rings. The normalized spacial score (nSPS) is 15.4. The van der Waals surface area contributed by atoms with Gasteiger partial charge in [0.05, 0.1) is 18.7 Å². The highest BCUT2D eigenvalue weighted by Crippen LogP contribution is 2.12. The van der Waals surface area contributed by atoms with E-state index < -0.39 is 0 Å². The number of hydrogen-bond acceptors (Lipinski definition) is 5. The van der Waals surface area contributed by atoms with Crippen LogP contribution in [0, 0.1) is 5.82 Å². The fourth-order valence-electron chi connectivity index (χ4n) is 3.50. The zero-order valence-electron chi connectivity index (χ0n) is 17.3. The van der Waals surface area contributed by atoms with Gasteiger partial charge < -0.3 is 10.1 Å². The molecule has 1 heterocycles. The third-order valence-corrected chi connectivity index (χ3v) is 5.05. The van der Waals surface area contributed by atoms with Gasteiger partial charge in [-0.05, 0) is 68.4 Å². The second-order valence-electron chi connectivity index (χ2n) is 7.38. The molecule has 0 bridgehead atoms. The molecule has 0 saturated carbocycles. The quantitative estimate of drug-likeness (QED) is 0.707. The van der Waals surface area contributed by atoms with Crippen LogP contribution in [0.4, 0.5) is 10.1 Å². The number of carbonyl (C=O) groups is 2. The molecular formula is C23H28FN3O3. The predicted molar refractivity (Wildman–Crippen MR) is 114 cm³/mol. The average molecular weight is 413 g/mol. The van der Waals surface area contributed by atoms with E-state index in [4.69, 9.17) is 4.74 Å². The van der Waals surface area contributed by atoms with Gasteiger partial charge in [0, 0.05) is 25.3 Å². The van der Waals surface area contributed by atoms with Gasteiger partial charge in [0.2, 0.25) is 5.91 Å². The molecule has 1 amide bonds. The number of amides is 1. The molecule has 0 spiro atoms. The number of hydrogen-bond donors (Lipinski definition) is 1. The lowest BCUT2D eigenvalue weighted by Crippen LogP contribution is -2.36. The Hall–Kier alpha value is -2.77. The summed E-state index contributed by atoms with van der Waals surface area (Å²) in [4.78, 5) is 28.6. The number of nitrogens with one attached hydrogen (secondary N) is 1. The first-order valence-corrected chi connectivity index (χ1v) is 10.3. The van der Waals surface area contributed by atoms with Crippen molar-refractivity contribution in [3.05, 3.63) is 65.5 Å². The van der Waals surface area contributed by atoms with Gasteiger partial charge in [-0.1, -0.05) is 12.1 Å². The molecule has 3 rings (SSSR count). The minimum Gasteiger partial charge on any atom is -0.462 e. The molecule has 30 heavy (non-hydrogen) atoms. The summed E-state index contributed by atoms with van der Waals surface area (Å²) in [6.07, 6.45) is 0.975. The largest absolute Gasteiger partial charge is 0.462 e. The van der Waals surface area contributed by atoms with Crippen LogP contribution in [0.5, 0.6) is 0 Å². The van der Waals surface area contributed by atoms with E-state index in [0.29, 0.717) is 24.4 Å².